The monoisotopic (exact) mass is 295 g/mol. The van der Waals surface area contributed by atoms with E-state index in [9.17, 15) is 9.90 Å². The summed E-state index contributed by atoms with van der Waals surface area (Å²) in [6, 6.07) is 3.72. The van der Waals surface area contributed by atoms with Crippen LogP contribution in [0.25, 0.3) is 0 Å². The van der Waals surface area contributed by atoms with E-state index in [2.05, 4.69) is 0 Å². The molecule has 1 atom stereocenters. The SMILES string of the molecule is CC[C@@H](CO)N(Cc1ccsc1)C(=O)c1ccsc1. The lowest BCUT2D eigenvalue weighted by atomic mass is 10.1. The Morgan fingerprint density at radius 3 is 2.58 bits per heavy atom. The third-order valence-corrected chi connectivity index (χ3v) is 4.50. The van der Waals surface area contributed by atoms with Gasteiger partial charge in [0.2, 0.25) is 0 Å². The molecular weight excluding hydrogens is 278 g/mol. The molecule has 5 heteroatoms. The van der Waals surface area contributed by atoms with Crippen LogP contribution in [0.1, 0.15) is 29.3 Å². The van der Waals surface area contributed by atoms with Gasteiger partial charge in [0.05, 0.1) is 18.2 Å². The van der Waals surface area contributed by atoms with Gasteiger partial charge in [-0.25, -0.2) is 0 Å². The Balaban J connectivity index is 2.20. The number of nitrogens with zero attached hydrogens (tertiary/aromatic N) is 1. The first-order chi connectivity index (χ1) is 9.26. The van der Waals surface area contributed by atoms with E-state index in [1.165, 1.54) is 11.3 Å². The molecule has 0 aliphatic rings. The van der Waals surface area contributed by atoms with Crippen molar-refractivity contribution in [2.45, 2.75) is 25.9 Å². The van der Waals surface area contributed by atoms with Gasteiger partial charge >= 0.3 is 0 Å². The lowest BCUT2D eigenvalue weighted by Crippen LogP contribution is -2.41. The minimum atomic E-state index is -0.132. The molecule has 0 spiro atoms. The van der Waals surface area contributed by atoms with Gasteiger partial charge in [-0.2, -0.15) is 22.7 Å². The number of hydrogen-bond donors (Lipinski definition) is 1. The van der Waals surface area contributed by atoms with E-state index in [0.29, 0.717) is 12.1 Å². The topological polar surface area (TPSA) is 40.5 Å². The van der Waals surface area contributed by atoms with Crippen molar-refractivity contribution in [2.75, 3.05) is 6.61 Å². The third kappa shape index (κ3) is 3.43. The summed E-state index contributed by atoms with van der Waals surface area (Å²) < 4.78 is 0. The van der Waals surface area contributed by atoms with E-state index in [4.69, 9.17) is 0 Å². The highest BCUT2D eigenvalue weighted by Gasteiger charge is 2.23. The van der Waals surface area contributed by atoms with Gasteiger partial charge in [0, 0.05) is 11.9 Å². The van der Waals surface area contributed by atoms with Crippen LogP contribution in [0.2, 0.25) is 0 Å². The molecule has 0 aliphatic heterocycles. The largest absolute Gasteiger partial charge is 0.394 e. The summed E-state index contributed by atoms with van der Waals surface area (Å²) in [5.41, 5.74) is 1.81. The molecular formula is C14H17NO2S2. The fraction of sp³-hybridized carbons (Fsp3) is 0.357. The molecule has 1 N–H and O–H groups in total. The van der Waals surface area contributed by atoms with Crippen molar-refractivity contribution in [1.29, 1.82) is 0 Å². The Morgan fingerprint density at radius 1 is 1.32 bits per heavy atom. The van der Waals surface area contributed by atoms with E-state index in [1.54, 1.807) is 16.2 Å². The van der Waals surface area contributed by atoms with Crippen LogP contribution in [0, 0.1) is 0 Å². The van der Waals surface area contributed by atoms with E-state index in [0.717, 1.165) is 12.0 Å². The molecule has 2 rings (SSSR count). The highest BCUT2D eigenvalue weighted by Crippen LogP contribution is 2.18. The standard InChI is InChI=1S/C14H17NO2S2/c1-2-13(8-16)15(7-11-3-5-18-9-11)14(17)12-4-6-19-10-12/h3-6,9-10,13,16H,2,7-8H2,1H3/t13-/m0/s1. The van der Waals surface area contributed by atoms with Crippen LogP contribution in [-0.4, -0.2) is 28.6 Å². The van der Waals surface area contributed by atoms with Crippen molar-refractivity contribution >= 4 is 28.6 Å². The maximum absolute atomic E-state index is 12.5. The smallest absolute Gasteiger partial charge is 0.255 e. The molecule has 102 valence electrons. The average Bonchev–Trinajstić information content (AvgIpc) is 3.11. The normalized spacial score (nSPS) is 12.3. The number of carbonyl (C=O) groups excluding carboxylic acids is 1. The van der Waals surface area contributed by atoms with Crippen molar-refractivity contribution in [2.24, 2.45) is 0 Å². The molecule has 0 unspecified atom stereocenters. The van der Waals surface area contributed by atoms with Crippen LogP contribution in [0.4, 0.5) is 0 Å². The van der Waals surface area contributed by atoms with Crippen LogP contribution >= 0.6 is 22.7 Å². The third-order valence-electron chi connectivity index (χ3n) is 3.08. The van der Waals surface area contributed by atoms with Gasteiger partial charge in [-0.15, -0.1) is 0 Å². The number of thiophene rings is 2. The number of carbonyl (C=O) groups is 1. The fourth-order valence-electron chi connectivity index (χ4n) is 1.95. The Kier molecular flexibility index (Phi) is 5.13. The summed E-state index contributed by atoms with van der Waals surface area (Å²) in [6.45, 7) is 2.54. The number of hydrogen-bond acceptors (Lipinski definition) is 4. The fourth-order valence-corrected chi connectivity index (χ4v) is 3.24. The molecule has 0 saturated heterocycles. The quantitative estimate of drug-likeness (QED) is 0.889. The Hall–Kier alpha value is -1.17. The van der Waals surface area contributed by atoms with Gasteiger partial charge in [-0.3, -0.25) is 4.79 Å². The second-order valence-corrected chi connectivity index (χ2v) is 5.88. The molecule has 3 nitrogen and oxygen atoms in total. The molecule has 2 aromatic rings. The van der Waals surface area contributed by atoms with E-state index < -0.39 is 0 Å². The first-order valence-electron chi connectivity index (χ1n) is 6.21. The zero-order chi connectivity index (χ0) is 13.7. The highest BCUT2D eigenvalue weighted by molar-refractivity contribution is 7.08. The Morgan fingerprint density at radius 2 is 2.05 bits per heavy atom. The van der Waals surface area contributed by atoms with Gasteiger partial charge in [0.25, 0.3) is 5.91 Å². The molecule has 1 amide bonds. The predicted octanol–water partition coefficient (Wildman–Crippen LogP) is 3.22. The van der Waals surface area contributed by atoms with Crippen LogP contribution in [0.15, 0.2) is 33.7 Å². The van der Waals surface area contributed by atoms with Gasteiger partial charge in [0.1, 0.15) is 0 Å². The molecule has 2 heterocycles. The molecule has 0 bridgehead atoms. The second-order valence-electron chi connectivity index (χ2n) is 4.32. The Labute approximate surface area is 121 Å². The van der Waals surface area contributed by atoms with Gasteiger partial charge in [-0.1, -0.05) is 6.92 Å². The number of aliphatic hydroxyl groups is 1. The summed E-state index contributed by atoms with van der Waals surface area (Å²) in [7, 11) is 0. The van der Waals surface area contributed by atoms with Crippen molar-refractivity contribution in [1.82, 2.24) is 4.90 Å². The molecule has 19 heavy (non-hydrogen) atoms. The second kappa shape index (κ2) is 6.84. The molecule has 0 fully saturated rings. The first-order valence-corrected chi connectivity index (χ1v) is 8.10. The van der Waals surface area contributed by atoms with E-state index in [-0.39, 0.29) is 18.6 Å². The van der Waals surface area contributed by atoms with Crippen molar-refractivity contribution in [3.05, 3.63) is 44.8 Å². The molecule has 0 radical (unpaired) electrons. The summed E-state index contributed by atoms with van der Waals surface area (Å²) in [5.74, 6) is -0.00616. The molecule has 0 saturated carbocycles. The molecule has 0 aromatic carbocycles. The van der Waals surface area contributed by atoms with Crippen molar-refractivity contribution < 1.29 is 9.90 Å². The van der Waals surface area contributed by atoms with Crippen molar-refractivity contribution in [3.8, 4) is 0 Å². The maximum atomic E-state index is 12.5. The lowest BCUT2D eigenvalue weighted by Gasteiger charge is -2.29. The number of rotatable bonds is 6. The average molecular weight is 295 g/mol. The molecule has 0 aliphatic carbocycles. The molecule has 2 aromatic heterocycles. The first kappa shape index (κ1) is 14.2. The van der Waals surface area contributed by atoms with E-state index >= 15 is 0 Å². The van der Waals surface area contributed by atoms with Crippen LogP contribution in [-0.2, 0) is 6.54 Å². The van der Waals surface area contributed by atoms with Crippen LogP contribution in [0.5, 0.6) is 0 Å². The summed E-state index contributed by atoms with van der Waals surface area (Å²) >= 11 is 3.13. The van der Waals surface area contributed by atoms with Gasteiger partial charge in [-0.05, 0) is 40.3 Å². The maximum Gasteiger partial charge on any atom is 0.255 e. The summed E-state index contributed by atoms with van der Waals surface area (Å²) in [6.07, 6.45) is 0.747. The highest BCUT2D eigenvalue weighted by atomic mass is 32.1. The van der Waals surface area contributed by atoms with Crippen LogP contribution in [0.3, 0.4) is 0 Å². The zero-order valence-electron chi connectivity index (χ0n) is 10.8. The summed E-state index contributed by atoms with van der Waals surface area (Å²) in [5, 5.41) is 17.3. The minimum absolute atomic E-state index is 0.00346. The number of amides is 1. The van der Waals surface area contributed by atoms with Gasteiger partial charge < -0.3 is 10.0 Å². The van der Waals surface area contributed by atoms with E-state index in [1.807, 2.05) is 40.6 Å². The predicted molar refractivity (Wildman–Crippen MR) is 79.7 cm³/mol. The number of aliphatic hydroxyl groups excluding tert-OH is 1. The van der Waals surface area contributed by atoms with Crippen LogP contribution < -0.4 is 0 Å². The van der Waals surface area contributed by atoms with Crippen molar-refractivity contribution in [3.63, 3.8) is 0 Å². The zero-order valence-corrected chi connectivity index (χ0v) is 12.4. The lowest BCUT2D eigenvalue weighted by molar-refractivity contribution is 0.0564. The minimum Gasteiger partial charge on any atom is -0.394 e. The summed E-state index contributed by atoms with van der Waals surface area (Å²) in [4.78, 5) is 14.3. The van der Waals surface area contributed by atoms with Gasteiger partial charge in [0.15, 0.2) is 0 Å². The Bertz CT molecular complexity index is 490.